The van der Waals surface area contributed by atoms with Gasteiger partial charge in [0.2, 0.25) is 5.91 Å². The number of carbonyl (C=O) groups is 1. The van der Waals surface area contributed by atoms with E-state index >= 15 is 0 Å². The van der Waals surface area contributed by atoms with E-state index in [0.717, 1.165) is 27.2 Å². The van der Waals surface area contributed by atoms with Crippen LogP contribution in [0, 0.1) is 0 Å². The zero-order valence-corrected chi connectivity index (χ0v) is 14.5. The summed E-state index contributed by atoms with van der Waals surface area (Å²) in [5.41, 5.74) is 2.91. The molecule has 0 radical (unpaired) electrons. The highest BCUT2D eigenvalue weighted by Crippen LogP contribution is 2.34. The number of nitrogens with one attached hydrogen (secondary N) is 1. The van der Waals surface area contributed by atoms with Crippen molar-refractivity contribution in [3.63, 3.8) is 0 Å². The maximum Gasteiger partial charge on any atom is 0.227 e. The van der Waals surface area contributed by atoms with Crippen molar-refractivity contribution in [2.24, 2.45) is 4.99 Å². The average molecular weight is 351 g/mol. The lowest BCUT2D eigenvalue weighted by Gasteiger charge is -2.08. The summed E-state index contributed by atoms with van der Waals surface area (Å²) in [5, 5.41) is 3.51. The number of nitrogens with zero attached hydrogens (tertiary/aromatic N) is 2. The Balaban J connectivity index is 1.46. The molecule has 0 spiro atoms. The first-order valence-corrected chi connectivity index (χ1v) is 9.01. The number of amides is 1. The van der Waals surface area contributed by atoms with Crippen molar-refractivity contribution in [2.75, 3.05) is 11.9 Å². The Morgan fingerprint density at radius 3 is 3.04 bits per heavy atom. The zero-order valence-electron chi connectivity index (χ0n) is 13.7. The summed E-state index contributed by atoms with van der Waals surface area (Å²) >= 11 is 1.45. The standard InChI is InChI=1S/C19H17N3O2S/c1-2-24-13-7-8-16-17(10-13)25-19(21-16)22-18(23)9-12-11-20-15-6-4-3-5-14(12)15/h3-8,10-12H,2,9H2,1H3,(H,21,22,23). The highest BCUT2D eigenvalue weighted by atomic mass is 32.1. The number of para-hydroxylation sites is 1. The molecule has 0 saturated carbocycles. The molecule has 4 rings (SSSR count). The molecule has 1 amide bonds. The van der Waals surface area contributed by atoms with Crippen LogP contribution < -0.4 is 10.1 Å². The van der Waals surface area contributed by atoms with Gasteiger partial charge < -0.3 is 10.1 Å². The van der Waals surface area contributed by atoms with Crippen LogP contribution in [0.25, 0.3) is 10.2 Å². The van der Waals surface area contributed by atoms with Gasteiger partial charge in [-0.2, -0.15) is 0 Å². The van der Waals surface area contributed by atoms with E-state index in [-0.39, 0.29) is 11.8 Å². The predicted octanol–water partition coefficient (Wildman–Crippen LogP) is 4.52. The van der Waals surface area contributed by atoms with Gasteiger partial charge in [0.15, 0.2) is 5.13 Å². The van der Waals surface area contributed by atoms with E-state index in [2.05, 4.69) is 15.3 Å². The maximum absolute atomic E-state index is 12.4. The van der Waals surface area contributed by atoms with Crippen LogP contribution in [-0.2, 0) is 4.79 Å². The lowest BCUT2D eigenvalue weighted by atomic mass is 9.97. The molecule has 0 saturated heterocycles. The number of aromatic nitrogens is 1. The number of rotatable bonds is 5. The Morgan fingerprint density at radius 1 is 1.28 bits per heavy atom. The number of ether oxygens (including phenoxy) is 1. The predicted molar refractivity (Wildman–Crippen MR) is 101 cm³/mol. The molecule has 1 aromatic heterocycles. The van der Waals surface area contributed by atoms with Crippen LogP contribution in [0.3, 0.4) is 0 Å². The molecule has 126 valence electrons. The fourth-order valence-electron chi connectivity index (χ4n) is 2.92. The van der Waals surface area contributed by atoms with E-state index in [4.69, 9.17) is 4.74 Å². The number of hydrogen-bond acceptors (Lipinski definition) is 5. The number of thiazole rings is 1. The topological polar surface area (TPSA) is 63.6 Å². The average Bonchev–Trinajstić information content (AvgIpc) is 3.18. The Labute approximate surface area is 149 Å². The molecule has 0 aliphatic carbocycles. The fourth-order valence-corrected chi connectivity index (χ4v) is 3.83. The first-order valence-electron chi connectivity index (χ1n) is 8.19. The summed E-state index contributed by atoms with van der Waals surface area (Å²) in [6.07, 6.45) is 2.21. The van der Waals surface area contributed by atoms with Crippen molar-refractivity contribution in [1.29, 1.82) is 0 Å². The molecular weight excluding hydrogens is 334 g/mol. The molecule has 0 bridgehead atoms. The van der Waals surface area contributed by atoms with Crippen molar-refractivity contribution in [2.45, 2.75) is 19.3 Å². The summed E-state index contributed by atoms with van der Waals surface area (Å²) in [6.45, 7) is 2.57. The Kier molecular flexibility index (Phi) is 4.19. The van der Waals surface area contributed by atoms with Gasteiger partial charge in [-0.15, -0.1) is 0 Å². The monoisotopic (exact) mass is 351 g/mol. The molecule has 6 heteroatoms. The molecule has 3 aromatic rings. The van der Waals surface area contributed by atoms with Gasteiger partial charge in [-0.3, -0.25) is 9.79 Å². The minimum Gasteiger partial charge on any atom is -0.494 e. The molecular formula is C19H17N3O2S. The largest absolute Gasteiger partial charge is 0.494 e. The third-order valence-corrected chi connectivity index (χ3v) is 4.99. The van der Waals surface area contributed by atoms with Gasteiger partial charge in [-0.05, 0) is 36.8 Å². The van der Waals surface area contributed by atoms with E-state index in [9.17, 15) is 4.79 Å². The number of carbonyl (C=O) groups excluding carboxylic acids is 1. The number of hydrogen-bond donors (Lipinski definition) is 1. The fraction of sp³-hybridized carbons (Fsp3) is 0.211. The SMILES string of the molecule is CCOc1ccc2nc(NC(=O)CC3C=Nc4ccccc43)sc2c1. The minimum atomic E-state index is -0.0581. The van der Waals surface area contributed by atoms with Gasteiger partial charge in [0, 0.05) is 18.6 Å². The van der Waals surface area contributed by atoms with Crippen molar-refractivity contribution >= 4 is 44.5 Å². The highest BCUT2D eigenvalue weighted by molar-refractivity contribution is 7.22. The second-order valence-corrected chi connectivity index (χ2v) is 6.81. The molecule has 1 aliphatic heterocycles. The van der Waals surface area contributed by atoms with Crippen molar-refractivity contribution < 1.29 is 9.53 Å². The molecule has 2 aromatic carbocycles. The van der Waals surface area contributed by atoms with Crippen molar-refractivity contribution in [1.82, 2.24) is 4.98 Å². The van der Waals surface area contributed by atoms with Crippen molar-refractivity contribution in [3.8, 4) is 5.75 Å². The lowest BCUT2D eigenvalue weighted by Crippen LogP contribution is -2.15. The van der Waals surface area contributed by atoms with Gasteiger partial charge in [0.25, 0.3) is 0 Å². The quantitative estimate of drug-likeness (QED) is 0.735. The first kappa shape index (κ1) is 15.8. The van der Waals surface area contributed by atoms with Crippen LogP contribution in [0.5, 0.6) is 5.75 Å². The van der Waals surface area contributed by atoms with Crippen LogP contribution in [-0.4, -0.2) is 23.7 Å². The van der Waals surface area contributed by atoms with Gasteiger partial charge >= 0.3 is 0 Å². The summed E-state index contributed by atoms with van der Waals surface area (Å²) in [5.74, 6) is 0.780. The van der Waals surface area contributed by atoms with Gasteiger partial charge in [0.1, 0.15) is 5.75 Å². The van der Waals surface area contributed by atoms with Gasteiger partial charge in [-0.1, -0.05) is 29.5 Å². The lowest BCUT2D eigenvalue weighted by molar-refractivity contribution is -0.116. The molecule has 1 aliphatic rings. The number of aliphatic imine (C=N–C) groups is 1. The van der Waals surface area contributed by atoms with Gasteiger partial charge in [0.05, 0.1) is 22.5 Å². The molecule has 25 heavy (non-hydrogen) atoms. The Bertz CT molecular complexity index is 964. The van der Waals surface area contributed by atoms with Crippen LogP contribution in [0.2, 0.25) is 0 Å². The van der Waals surface area contributed by atoms with Gasteiger partial charge in [-0.25, -0.2) is 4.98 Å². The zero-order chi connectivity index (χ0) is 17.2. The molecule has 5 nitrogen and oxygen atoms in total. The third-order valence-electron chi connectivity index (χ3n) is 4.05. The molecule has 1 unspecified atom stereocenters. The third kappa shape index (κ3) is 3.25. The van der Waals surface area contributed by atoms with Crippen LogP contribution in [0.4, 0.5) is 10.8 Å². The van der Waals surface area contributed by atoms with E-state index in [1.54, 1.807) is 0 Å². The molecule has 1 N–H and O–H groups in total. The molecule has 0 fully saturated rings. The van der Waals surface area contributed by atoms with Crippen molar-refractivity contribution in [3.05, 3.63) is 48.0 Å². The van der Waals surface area contributed by atoms with E-state index in [0.29, 0.717) is 18.2 Å². The van der Waals surface area contributed by atoms with Crippen LogP contribution >= 0.6 is 11.3 Å². The second kappa shape index (κ2) is 6.64. The number of fused-ring (bicyclic) bond motifs is 2. The molecule has 1 atom stereocenters. The Hall–Kier alpha value is -2.73. The normalized spacial score (nSPS) is 15.3. The maximum atomic E-state index is 12.4. The Morgan fingerprint density at radius 2 is 2.16 bits per heavy atom. The van der Waals surface area contributed by atoms with E-state index < -0.39 is 0 Å². The summed E-state index contributed by atoms with van der Waals surface area (Å²) < 4.78 is 6.50. The second-order valence-electron chi connectivity index (χ2n) is 5.78. The summed E-state index contributed by atoms with van der Waals surface area (Å²) in [6, 6.07) is 13.7. The minimum absolute atomic E-state index is 0.0233. The van der Waals surface area contributed by atoms with Crippen LogP contribution in [0.1, 0.15) is 24.8 Å². The summed E-state index contributed by atoms with van der Waals surface area (Å²) in [4.78, 5) is 21.2. The number of anilines is 1. The van der Waals surface area contributed by atoms with E-state index in [1.807, 2.05) is 55.6 Å². The van der Waals surface area contributed by atoms with E-state index in [1.165, 1.54) is 11.3 Å². The molecule has 2 heterocycles. The number of benzene rings is 2. The highest BCUT2D eigenvalue weighted by Gasteiger charge is 2.21. The smallest absolute Gasteiger partial charge is 0.227 e. The van der Waals surface area contributed by atoms with Crippen LogP contribution in [0.15, 0.2) is 47.5 Å². The summed E-state index contributed by atoms with van der Waals surface area (Å²) in [7, 11) is 0. The first-order chi connectivity index (χ1) is 12.2.